The number of fused-ring (bicyclic) bond motifs is 1. The van der Waals surface area contributed by atoms with Crippen molar-refractivity contribution in [3.63, 3.8) is 0 Å². The summed E-state index contributed by atoms with van der Waals surface area (Å²) in [5.74, 6) is 1.14. The van der Waals surface area contributed by atoms with Crippen LogP contribution in [0, 0.1) is 13.8 Å². The number of carbonyl (C=O) groups excluding carboxylic acids is 1. The van der Waals surface area contributed by atoms with Gasteiger partial charge in [0.2, 0.25) is 17.9 Å². The lowest BCUT2D eigenvalue weighted by atomic mass is 10.1. The van der Waals surface area contributed by atoms with Crippen LogP contribution in [0.4, 0.5) is 5.69 Å². The molecule has 1 amide bonds. The fourth-order valence-electron chi connectivity index (χ4n) is 2.88. The summed E-state index contributed by atoms with van der Waals surface area (Å²) in [6, 6.07) is 11.4. The van der Waals surface area contributed by atoms with E-state index in [1.807, 2.05) is 32.9 Å². The number of benzene rings is 2. The topological polar surface area (TPSA) is 91.2 Å². The van der Waals surface area contributed by atoms with Crippen molar-refractivity contribution in [1.29, 1.82) is 0 Å². The molecular formula is C19H19N5O3S. The van der Waals surface area contributed by atoms with Crippen molar-refractivity contribution < 1.29 is 14.3 Å². The molecule has 0 unspecified atom stereocenters. The number of aromatic nitrogens is 4. The zero-order chi connectivity index (χ0) is 19.7. The number of aryl methyl sites for hydroxylation is 2. The standard InChI is InChI=1S/C19H19N5O3S/c1-11-4-6-15(12(2)8-11)24-19(21-22-23-24)28-13(3)18(25)20-14-5-7-16-17(9-14)27-10-26-16/h4-9,13H,10H2,1-3H3,(H,20,25)/t13-/m1/s1. The first-order valence-corrected chi connectivity index (χ1v) is 9.62. The lowest BCUT2D eigenvalue weighted by Gasteiger charge is -2.13. The van der Waals surface area contributed by atoms with Crippen LogP contribution in [-0.2, 0) is 4.79 Å². The van der Waals surface area contributed by atoms with Gasteiger partial charge in [-0.15, -0.1) is 5.10 Å². The molecule has 0 saturated carbocycles. The van der Waals surface area contributed by atoms with E-state index in [0.29, 0.717) is 22.3 Å². The van der Waals surface area contributed by atoms with Crippen LogP contribution in [0.1, 0.15) is 18.1 Å². The summed E-state index contributed by atoms with van der Waals surface area (Å²) in [5, 5.41) is 15.0. The fourth-order valence-corrected chi connectivity index (χ4v) is 3.68. The number of nitrogens with one attached hydrogen (secondary N) is 1. The maximum atomic E-state index is 12.6. The van der Waals surface area contributed by atoms with Gasteiger partial charge in [-0.25, -0.2) is 0 Å². The number of hydrogen-bond acceptors (Lipinski definition) is 7. The van der Waals surface area contributed by atoms with E-state index < -0.39 is 5.25 Å². The van der Waals surface area contributed by atoms with Crippen LogP contribution in [0.25, 0.3) is 5.69 Å². The molecule has 3 aromatic rings. The van der Waals surface area contributed by atoms with Crippen molar-refractivity contribution >= 4 is 23.4 Å². The van der Waals surface area contributed by atoms with E-state index >= 15 is 0 Å². The first kappa shape index (κ1) is 18.3. The Hall–Kier alpha value is -3.07. The second-order valence-corrected chi connectivity index (χ2v) is 7.79. The van der Waals surface area contributed by atoms with Gasteiger partial charge in [-0.3, -0.25) is 4.79 Å². The van der Waals surface area contributed by atoms with Gasteiger partial charge in [-0.05, 0) is 55.0 Å². The van der Waals surface area contributed by atoms with Crippen molar-refractivity contribution in [2.45, 2.75) is 31.2 Å². The van der Waals surface area contributed by atoms with Gasteiger partial charge in [0.05, 0.1) is 10.9 Å². The molecule has 0 aliphatic carbocycles. The van der Waals surface area contributed by atoms with Crippen LogP contribution in [0.3, 0.4) is 0 Å². The summed E-state index contributed by atoms with van der Waals surface area (Å²) >= 11 is 1.30. The second kappa shape index (κ2) is 7.51. The summed E-state index contributed by atoms with van der Waals surface area (Å²) in [4.78, 5) is 12.6. The number of tetrazole rings is 1. The van der Waals surface area contributed by atoms with Crippen LogP contribution < -0.4 is 14.8 Å². The Kier molecular flexibility index (Phi) is 4.91. The minimum absolute atomic E-state index is 0.154. The number of carbonyl (C=O) groups is 1. The van der Waals surface area contributed by atoms with E-state index in [0.717, 1.165) is 11.3 Å². The third kappa shape index (κ3) is 3.65. The molecule has 1 aromatic heterocycles. The highest BCUT2D eigenvalue weighted by Crippen LogP contribution is 2.34. The lowest BCUT2D eigenvalue weighted by Crippen LogP contribution is -2.23. The highest BCUT2D eigenvalue weighted by Gasteiger charge is 2.21. The molecule has 8 nitrogen and oxygen atoms in total. The SMILES string of the molecule is Cc1ccc(-n2nnnc2S[C@H](C)C(=O)Nc2ccc3c(c2)OCO3)c(C)c1. The molecule has 0 fully saturated rings. The molecule has 0 bridgehead atoms. The molecule has 0 spiro atoms. The largest absolute Gasteiger partial charge is 0.454 e. The Morgan fingerprint density at radius 2 is 2.00 bits per heavy atom. The minimum atomic E-state index is -0.402. The van der Waals surface area contributed by atoms with E-state index in [-0.39, 0.29) is 12.7 Å². The van der Waals surface area contributed by atoms with E-state index in [2.05, 4.69) is 26.9 Å². The molecule has 9 heteroatoms. The molecule has 0 radical (unpaired) electrons. The Balaban J connectivity index is 1.47. The average molecular weight is 397 g/mol. The van der Waals surface area contributed by atoms with Crippen molar-refractivity contribution in [2.24, 2.45) is 0 Å². The summed E-state index contributed by atoms with van der Waals surface area (Å²) in [6.07, 6.45) is 0. The van der Waals surface area contributed by atoms with Gasteiger partial charge in [0, 0.05) is 11.8 Å². The van der Waals surface area contributed by atoms with Crippen molar-refractivity contribution in [2.75, 3.05) is 12.1 Å². The third-order valence-electron chi connectivity index (χ3n) is 4.31. The van der Waals surface area contributed by atoms with Gasteiger partial charge in [-0.2, -0.15) is 4.68 Å². The monoisotopic (exact) mass is 397 g/mol. The Labute approximate surface area is 166 Å². The number of anilines is 1. The number of amides is 1. The second-order valence-electron chi connectivity index (χ2n) is 6.48. The number of hydrogen-bond donors (Lipinski definition) is 1. The van der Waals surface area contributed by atoms with Crippen molar-refractivity contribution in [3.8, 4) is 17.2 Å². The highest BCUT2D eigenvalue weighted by molar-refractivity contribution is 8.00. The van der Waals surface area contributed by atoms with E-state index in [9.17, 15) is 4.79 Å². The van der Waals surface area contributed by atoms with E-state index in [4.69, 9.17) is 9.47 Å². The molecule has 144 valence electrons. The molecule has 4 rings (SSSR count). The Morgan fingerprint density at radius 3 is 2.82 bits per heavy atom. The predicted octanol–water partition coefficient (Wildman–Crippen LogP) is 3.13. The van der Waals surface area contributed by atoms with Gasteiger partial charge >= 0.3 is 0 Å². The van der Waals surface area contributed by atoms with Gasteiger partial charge in [0.25, 0.3) is 0 Å². The summed E-state index contributed by atoms with van der Waals surface area (Å²) < 4.78 is 12.3. The summed E-state index contributed by atoms with van der Waals surface area (Å²) in [7, 11) is 0. The van der Waals surface area contributed by atoms with Crippen LogP contribution in [0.15, 0.2) is 41.6 Å². The number of thioether (sulfide) groups is 1. The van der Waals surface area contributed by atoms with Crippen LogP contribution in [0.2, 0.25) is 0 Å². The number of ether oxygens (including phenoxy) is 2. The lowest BCUT2D eigenvalue weighted by molar-refractivity contribution is -0.115. The third-order valence-corrected chi connectivity index (χ3v) is 5.35. The fraction of sp³-hybridized carbons (Fsp3) is 0.263. The molecular weight excluding hydrogens is 378 g/mol. The first-order chi connectivity index (χ1) is 13.5. The maximum absolute atomic E-state index is 12.6. The average Bonchev–Trinajstić information content (AvgIpc) is 3.30. The van der Waals surface area contributed by atoms with E-state index in [1.54, 1.807) is 22.9 Å². The van der Waals surface area contributed by atoms with Crippen molar-refractivity contribution in [3.05, 3.63) is 47.5 Å². The molecule has 28 heavy (non-hydrogen) atoms. The summed E-state index contributed by atoms with van der Waals surface area (Å²) in [6.45, 7) is 6.05. The molecule has 1 aliphatic rings. The van der Waals surface area contributed by atoms with Gasteiger partial charge in [0.1, 0.15) is 0 Å². The van der Waals surface area contributed by atoms with Crippen molar-refractivity contribution in [1.82, 2.24) is 20.2 Å². The highest BCUT2D eigenvalue weighted by atomic mass is 32.2. The molecule has 1 atom stereocenters. The molecule has 1 N–H and O–H groups in total. The molecule has 2 aromatic carbocycles. The predicted molar refractivity (Wildman–Crippen MR) is 105 cm³/mol. The molecule has 1 aliphatic heterocycles. The van der Waals surface area contributed by atoms with Gasteiger partial charge in [0.15, 0.2) is 11.5 Å². The summed E-state index contributed by atoms with van der Waals surface area (Å²) in [5.41, 5.74) is 3.77. The van der Waals surface area contributed by atoms with Crippen LogP contribution in [-0.4, -0.2) is 38.2 Å². The minimum Gasteiger partial charge on any atom is -0.454 e. The van der Waals surface area contributed by atoms with Crippen LogP contribution >= 0.6 is 11.8 Å². The zero-order valence-corrected chi connectivity index (χ0v) is 16.5. The normalized spacial score (nSPS) is 13.4. The van der Waals surface area contributed by atoms with Crippen LogP contribution in [0.5, 0.6) is 11.5 Å². The van der Waals surface area contributed by atoms with E-state index in [1.165, 1.54) is 17.3 Å². The smallest absolute Gasteiger partial charge is 0.237 e. The number of rotatable bonds is 5. The van der Waals surface area contributed by atoms with Gasteiger partial charge < -0.3 is 14.8 Å². The maximum Gasteiger partial charge on any atom is 0.237 e. The molecule has 2 heterocycles. The number of nitrogens with zero attached hydrogens (tertiary/aromatic N) is 4. The first-order valence-electron chi connectivity index (χ1n) is 8.74. The van der Waals surface area contributed by atoms with Gasteiger partial charge in [-0.1, -0.05) is 29.5 Å². The quantitative estimate of drug-likeness (QED) is 0.661. The zero-order valence-electron chi connectivity index (χ0n) is 15.7. The Bertz CT molecular complexity index is 1040. The molecule has 0 saturated heterocycles. The Morgan fingerprint density at radius 1 is 1.18 bits per heavy atom.